The van der Waals surface area contributed by atoms with Crippen LogP contribution in [-0.4, -0.2) is 44.7 Å². The third-order valence-electron chi connectivity index (χ3n) is 4.77. The standard InChI is InChI=1S/C22H27N3O3/c1-25(19-10-3-2-4-11-19)14-7-13-23-21(26)17-8-5-9-18(16-17)24-22(27)20-12-6-15-28-20/h2-5,8-11,16,20H,6-7,12-15H2,1H3,(H,23,26)(H,24,27)/t20-/m1/s1. The van der Waals surface area contributed by atoms with E-state index in [1.54, 1.807) is 24.3 Å². The number of amides is 2. The molecule has 1 aliphatic rings. The number of para-hydroxylation sites is 1. The van der Waals surface area contributed by atoms with Crippen molar-refractivity contribution in [1.29, 1.82) is 0 Å². The summed E-state index contributed by atoms with van der Waals surface area (Å²) in [7, 11) is 2.04. The Balaban J connectivity index is 1.44. The van der Waals surface area contributed by atoms with E-state index in [0.717, 1.165) is 31.5 Å². The first-order chi connectivity index (χ1) is 13.6. The van der Waals surface area contributed by atoms with Crippen molar-refractivity contribution in [2.24, 2.45) is 0 Å². The molecule has 1 heterocycles. The topological polar surface area (TPSA) is 70.7 Å². The van der Waals surface area contributed by atoms with Crippen LogP contribution in [0.5, 0.6) is 0 Å². The lowest BCUT2D eigenvalue weighted by molar-refractivity contribution is -0.124. The zero-order chi connectivity index (χ0) is 19.8. The molecule has 1 fully saturated rings. The van der Waals surface area contributed by atoms with E-state index in [-0.39, 0.29) is 17.9 Å². The molecule has 2 aromatic rings. The molecule has 2 N–H and O–H groups in total. The summed E-state index contributed by atoms with van der Waals surface area (Å²) < 4.78 is 5.39. The van der Waals surface area contributed by atoms with Gasteiger partial charge >= 0.3 is 0 Å². The third-order valence-corrected chi connectivity index (χ3v) is 4.77. The molecule has 28 heavy (non-hydrogen) atoms. The van der Waals surface area contributed by atoms with E-state index in [1.165, 1.54) is 0 Å². The monoisotopic (exact) mass is 381 g/mol. The summed E-state index contributed by atoms with van der Waals surface area (Å²) in [5.41, 5.74) is 2.29. The zero-order valence-electron chi connectivity index (χ0n) is 16.2. The van der Waals surface area contributed by atoms with Gasteiger partial charge in [-0.05, 0) is 49.6 Å². The van der Waals surface area contributed by atoms with Crippen molar-refractivity contribution < 1.29 is 14.3 Å². The number of nitrogens with zero attached hydrogens (tertiary/aromatic N) is 1. The number of ether oxygens (including phenoxy) is 1. The molecule has 0 spiro atoms. The molecule has 3 rings (SSSR count). The van der Waals surface area contributed by atoms with E-state index < -0.39 is 0 Å². The van der Waals surface area contributed by atoms with Crippen molar-refractivity contribution in [1.82, 2.24) is 5.32 Å². The fourth-order valence-electron chi connectivity index (χ4n) is 3.18. The second-order valence-electron chi connectivity index (χ2n) is 6.94. The number of hydrogen-bond donors (Lipinski definition) is 2. The lowest BCUT2D eigenvalue weighted by Crippen LogP contribution is -2.29. The molecule has 0 aliphatic carbocycles. The van der Waals surface area contributed by atoms with Gasteiger partial charge in [0.15, 0.2) is 0 Å². The maximum absolute atomic E-state index is 12.4. The van der Waals surface area contributed by atoms with Gasteiger partial charge in [0.25, 0.3) is 11.8 Å². The van der Waals surface area contributed by atoms with Crippen LogP contribution in [-0.2, 0) is 9.53 Å². The summed E-state index contributed by atoms with van der Waals surface area (Å²) in [5.74, 6) is -0.297. The molecular weight excluding hydrogens is 354 g/mol. The van der Waals surface area contributed by atoms with Gasteiger partial charge in [-0.15, -0.1) is 0 Å². The Bertz CT molecular complexity index is 789. The van der Waals surface area contributed by atoms with Crippen LogP contribution >= 0.6 is 0 Å². The first-order valence-corrected chi connectivity index (χ1v) is 9.70. The fourth-order valence-corrected chi connectivity index (χ4v) is 3.18. The Hall–Kier alpha value is -2.86. The van der Waals surface area contributed by atoms with Crippen LogP contribution in [0.2, 0.25) is 0 Å². The fraction of sp³-hybridized carbons (Fsp3) is 0.364. The SMILES string of the molecule is CN(CCCNC(=O)c1cccc(NC(=O)[C@H]2CCCO2)c1)c1ccccc1. The molecular formula is C22H27N3O3. The Morgan fingerprint density at radius 3 is 2.71 bits per heavy atom. The second-order valence-corrected chi connectivity index (χ2v) is 6.94. The number of anilines is 2. The minimum Gasteiger partial charge on any atom is -0.375 e. The Morgan fingerprint density at radius 1 is 1.14 bits per heavy atom. The van der Waals surface area contributed by atoms with Crippen LogP contribution in [0.4, 0.5) is 11.4 Å². The molecule has 6 heteroatoms. The Morgan fingerprint density at radius 2 is 1.96 bits per heavy atom. The van der Waals surface area contributed by atoms with Crippen molar-refractivity contribution in [2.45, 2.75) is 25.4 Å². The summed E-state index contributed by atoms with van der Waals surface area (Å²) in [6.07, 6.45) is 2.09. The highest BCUT2D eigenvalue weighted by Gasteiger charge is 2.23. The number of benzene rings is 2. The van der Waals surface area contributed by atoms with Gasteiger partial charge in [0.2, 0.25) is 0 Å². The predicted molar refractivity (Wildman–Crippen MR) is 111 cm³/mol. The van der Waals surface area contributed by atoms with Crippen molar-refractivity contribution >= 4 is 23.2 Å². The molecule has 148 valence electrons. The second kappa shape index (κ2) is 9.90. The zero-order valence-corrected chi connectivity index (χ0v) is 16.2. The molecule has 6 nitrogen and oxygen atoms in total. The van der Waals surface area contributed by atoms with E-state index in [9.17, 15) is 9.59 Å². The molecule has 1 atom stereocenters. The molecule has 0 aromatic heterocycles. The van der Waals surface area contributed by atoms with Crippen LogP contribution in [0.3, 0.4) is 0 Å². The van der Waals surface area contributed by atoms with Crippen LogP contribution < -0.4 is 15.5 Å². The van der Waals surface area contributed by atoms with E-state index in [4.69, 9.17) is 4.74 Å². The molecule has 1 aliphatic heterocycles. The summed E-state index contributed by atoms with van der Waals surface area (Å²) >= 11 is 0. The van der Waals surface area contributed by atoms with Crippen molar-refractivity contribution in [3.05, 3.63) is 60.2 Å². The number of hydrogen-bond acceptors (Lipinski definition) is 4. The Kier molecular flexibility index (Phi) is 7.03. The van der Waals surface area contributed by atoms with Gasteiger partial charge in [-0.2, -0.15) is 0 Å². The highest BCUT2D eigenvalue weighted by atomic mass is 16.5. The molecule has 0 bridgehead atoms. The lowest BCUT2D eigenvalue weighted by Gasteiger charge is -2.19. The molecule has 2 aromatic carbocycles. The lowest BCUT2D eigenvalue weighted by atomic mass is 10.1. The minimum absolute atomic E-state index is 0.143. The van der Waals surface area contributed by atoms with Gasteiger partial charge < -0.3 is 20.3 Å². The van der Waals surface area contributed by atoms with Crippen LogP contribution in [0.15, 0.2) is 54.6 Å². The van der Waals surface area contributed by atoms with Crippen LogP contribution in [0, 0.1) is 0 Å². The van der Waals surface area contributed by atoms with Gasteiger partial charge in [0.1, 0.15) is 6.10 Å². The third kappa shape index (κ3) is 5.57. The minimum atomic E-state index is -0.390. The average molecular weight is 381 g/mol. The van der Waals surface area contributed by atoms with Crippen molar-refractivity contribution in [3.63, 3.8) is 0 Å². The van der Waals surface area contributed by atoms with E-state index in [2.05, 4.69) is 27.7 Å². The van der Waals surface area contributed by atoms with Crippen molar-refractivity contribution in [2.75, 3.05) is 37.0 Å². The summed E-state index contributed by atoms with van der Waals surface area (Å²) in [6.45, 7) is 2.06. The van der Waals surface area contributed by atoms with E-state index in [0.29, 0.717) is 24.4 Å². The average Bonchev–Trinajstić information content (AvgIpc) is 3.27. The predicted octanol–water partition coefficient (Wildman–Crippen LogP) is 3.06. The molecule has 1 saturated heterocycles. The van der Waals surface area contributed by atoms with Gasteiger partial charge in [-0.25, -0.2) is 0 Å². The van der Waals surface area contributed by atoms with Gasteiger partial charge in [-0.1, -0.05) is 24.3 Å². The number of nitrogens with one attached hydrogen (secondary N) is 2. The maximum atomic E-state index is 12.4. The molecule has 0 radical (unpaired) electrons. The van der Waals surface area contributed by atoms with Crippen molar-refractivity contribution in [3.8, 4) is 0 Å². The highest BCUT2D eigenvalue weighted by Crippen LogP contribution is 2.16. The quantitative estimate of drug-likeness (QED) is 0.690. The molecule has 2 amide bonds. The molecule has 0 saturated carbocycles. The van der Waals surface area contributed by atoms with Crippen LogP contribution in [0.25, 0.3) is 0 Å². The summed E-state index contributed by atoms with van der Waals surface area (Å²) in [6, 6.07) is 17.1. The summed E-state index contributed by atoms with van der Waals surface area (Å²) in [5, 5.41) is 5.77. The number of rotatable bonds is 8. The largest absolute Gasteiger partial charge is 0.375 e. The summed E-state index contributed by atoms with van der Waals surface area (Å²) in [4.78, 5) is 26.7. The van der Waals surface area contributed by atoms with E-state index in [1.807, 2.05) is 25.2 Å². The smallest absolute Gasteiger partial charge is 0.253 e. The normalized spacial score (nSPS) is 15.8. The Labute approximate surface area is 165 Å². The van der Waals surface area contributed by atoms with Crippen LogP contribution in [0.1, 0.15) is 29.6 Å². The number of carbonyl (C=O) groups is 2. The first-order valence-electron chi connectivity index (χ1n) is 9.70. The van der Waals surface area contributed by atoms with Gasteiger partial charge in [-0.3, -0.25) is 9.59 Å². The van der Waals surface area contributed by atoms with Gasteiger partial charge in [0.05, 0.1) is 0 Å². The maximum Gasteiger partial charge on any atom is 0.253 e. The first kappa shape index (κ1) is 19.9. The molecule has 0 unspecified atom stereocenters. The van der Waals surface area contributed by atoms with E-state index >= 15 is 0 Å². The number of carbonyl (C=O) groups excluding carboxylic acids is 2. The highest BCUT2D eigenvalue weighted by molar-refractivity contribution is 5.98. The van der Waals surface area contributed by atoms with Gasteiger partial charge in [0, 0.05) is 43.7 Å².